The van der Waals surface area contributed by atoms with Crippen molar-refractivity contribution < 1.29 is 13.2 Å². The first-order chi connectivity index (χ1) is 8.10. The zero-order valence-electron chi connectivity index (χ0n) is 11.6. The number of amides is 1. The first-order valence-electron chi connectivity index (χ1n) is 6.36. The van der Waals surface area contributed by atoms with Gasteiger partial charge >= 0.3 is 0 Å². The third-order valence-electron chi connectivity index (χ3n) is 2.81. The molecule has 1 amide bonds. The number of carbonyl (C=O) groups is 1. The van der Waals surface area contributed by atoms with Crippen LogP contribution < -0.4 is 10.6 Å². The fraction of sp³-hybridized carbons (Fsp3) is 0.917. The zero-order chi connectivity index (χ0) is 14.0. The Labute approximate surface area is 110 Å². The van der Waals surface area contributed by atoms with Gasteiger partial charge in [-0.2, -0.15) is 0 Å². The lowest BCUT2D eigenvalue weighted by atomic mass is 10.1. The molecule has 0 aromatic carbocycles. The monoisotopic (exact) mass is 276 g/mol. The maximum Gasteiger partial charge on any atom is 0.235 e. The summed E-state index contributed by atoms with van der Waals surface area (Å²) in [6.07, 6.45) is 1.93. The van der Waals surface area contributed by atoms with Gasteiger partial charge in [0.15, 0.2) is 9.84 Å². The van der Waals surface area contributed by atoms with Crippen molar-refractivity contribution in [3.05, 3.63) is 0 Å². The smallest absolute Gasteiger partial charge is 0.235 e. The highest BCUT2D eigenvalue weighted by Crippen LogP contribution is 2.18. The Kier molecular flexibility index (Phi) is 4.78. The molecule has 0 aliphatic heterocycles. The van der Waals surface area contributed by atoms with Gasteiger partial charge < -0.3 is 10.6 Å². The minimum atomic E-state index is -3.37. The maximum atomic E-state index is 12.0. The summed E-state index contributed by atoms with van der Waals surface area (Å²) in [6, 6.07) is 0.204. The largest absolute Gasteiger partial charge is 0.352 e. The van der Waals surface area contributed by atoms with Gasteiger partial charge in [-0.25, -0.2) is 8.42 Å². The normalized spacial score (nSPS) is 18.4. The van der Waals surface area contributed by atoms with E-state index in [9.17, 15) is 13.2 Å². The Bertz CT molecular complexity index is 394. The molecule has 1 unspecified atom stereocenters. The lowest BCUT2D eigenvalue weighted by molar-refractivity contribution is -0.118. The van der Waals surface area contributed by atoms with Gasteiger partial charge in [0.2, 0.25) is 5.91 Å². The van der Waals surface area contributed by atoms with Gasteiger partial charge in [0.25, 0.3) is 0 Å². The Morgan fingerprint density at radius 2 is 1.89 bits per heavy atom. The summed E-state index contributed by atoms with van der Waals surface area (Å²) in [5, 5.41) is 5.29. The van der Waals surface area contributed by atoms with Crippen LogP contribution in [-0.4, -0.2) is 43.5 Å². The summed E-state index contributed by atoms with van der Waals surface area (Å²) in [7, 11) is -3.37. The van der Waals surface area contributed by atoms with Crippen molar-refractivity contribution in [3.8, 4) is 0 Å². The van der Waals surface area contributed by atoms with E-state index < -0.39 is 20.8 Å². The summed E-state index contributed by atoms with van der Waals surface area (Å²) < 4.78 is 23.9. The van der Waals surface area contributed by atoms with E-state index in [2.05, 4.69) is 10.6 Å². The van der Waals surface area contributed by atoms with Crippen LogP contribution in [0.15, 0.2) is 0 Å². The predicted molar refractivity (Wildman–Crippen MR) is 72.2 cm³/mol. The fourth-order valence-corrected chi connectivity index (χ4v) is 2.47. The minimum absolute atomic E-state index is 0.125. The van der Waals surface area contributed by atoms with E-state index in [1.807, 2.05) is 20.8 Å². The fourth-order valence-electron chi connectivity index (χ4n) is 1.40. The molecule has 18 heavy (non-hydrogen) atoms. The van der Waals surface area contributed by atoms with Crippen LogP contribution in [0, 0.1) is 0 Å². The molecule has 0 heterocycles. The molecule has 1 atom stereocenters. The van der Waals surface area contributed by atoms with Crippen molar-refractivity contribution >= 4 is 15.7 Å². The molecule has 1 rings (SSSR count). The highest BCUT2D eigenvalue weighted by atomic mass is 32.2. The molecular weight excluding hydrogens is 252 g/mol. The second-order valence-electron chi connectivity index (χ2n) is 6.09. The second-order valence-corrected chi connectivity index (χ2v) is 8.51. The molecule has 0 radical (unpaired) electrons. The molecule has 5 nitrogen and oxygen atoms in total. The molecule has 0 spiro atoms. The number of rotatable bonds is 6. The van der Waals surface area contributed by atoms with Crippen LogP contribution in [-0.2, 0) is 14.6 Å². The van der Waals surface area contributed by atoms with Crippen LogP contribution in [0.4, 0.5) is 0 Å². The molecular formula is C12H24N2O3S. The van der Waals surface area contributed by atoms with Gasteiger partial charge in [-0.3, -0.25) is 4.79 Å². The van der Waals surface area contributed by atoms with E-state index in [0.29, 0.717) is 6.54 Å². The highest BCUT2D eigenvalue weighted by molar-refractivity contribution is 7.92. The molecule has 106 valence electrons. The van der Waals surface area contributed by atoms with E-state index >= 15 is 0 Å². The SMILES string of the molecule is CC(CNC(C)(C)C)S(=O)(=O)CC(=O)NC1CC1. The van der Waals surface area contributed by atoms with Crippen molar-refractivity contribution in [1.82, 2.24) is 10.6 Å². The standard InChI is InChI=1S/C12H24N2O3S/c1-9(7-13-12(2,3)4)18(16,17)8-11(15)14-10-5-6-10/h9-10,13H,5-8H2,1-4H3,(H,14,15). The van der Waals surface area contributed by atoms with E-state index in [-0.39, 0.29) is 17.5 Å². The Hall–Kier alpha value is -0.620. The van der Waals surface area contributed by atoms with Crippen molar-refractivity contribution in [2.75, 3.05) is 12.3 Å². The number of nitrogens with one attached hydrogen (secondary N) is 2. The van der Waals surface area contributed by atoms with Crippen molar-refractivity contribution in [1.29, 1.82) is 0 Å². The average Bonchev–Trinajstić information content (AvgIpc) is 2.95. The maximum absolute atomic E-state index is 12.0. The highest BCUT2D eigenvalue weighted by Gasteiger charge is 2.29. The van der Waals surface area contributed by atoms with Gasteiger partial charge in [-0.05, 0) is 40.5 Å². The first kappa shape index (κ1) is 15.4. The lowest BCUT2D eigenvalue weighted by Crippen LogP contribution is -2.44. The molecule has 1 aliphatic carbocycles. The van der Waals surface area contributed by atoms with Crippen LogP contribution in [0.1, 0.15) is 40.5 Å². The molecule has 0 aromatic rings. The Balaban J connectivity index is 2.43. The van der Waals surface area contributed by atoms with Gasteiger partial charge in [0, 0.05) is 18.1 Å². The molecule has 0 aromatic heterocycles. The lowest BCUT2D eigenvalue weighted by Gasteiger charge is -2.23. The van der Waals surface area contributed by atoms with Gasteiger partial charge in [-0.15, -0.1) is 0 Å². The molecule has 2 N–H and O–H groups in total. The summed E-state index contributed by atoms with van der Waals surface area (Å²) in [6.45, 7) is 7.94. The van der Waals surface area contributed by atoms with Crippen molar-refractivity contribution in [2.24, 2.45) is 0 Å². The summed E-state index contributed by atoms with van der Waals surface area (Å²) >= 11 is 0. The third-order valence-corrected chi connectivity index (χ3v) is 4.86. The van der Waals surface area contributed by atoms with Gasteiger partial charge in [-0.1, -0.05) is 0 Å². The average molecular weight is 276 g/mol. The van der Waals surface area contributed by atoms with Crippen LogP contribution in [0.3, 0.4) is 0 Å². The van der Waals surface area contributed by atoms with Crippen molar-refractivity contribution in [3.63, 3.8) is 0 Å². The van der Waals surface area contributed by atoms with Crippen molar-refractivity contribution in [2.45, 2.75) is 57.4 Å². The molecule has 0 bridgehead atoms. The minimum Gasteiger partial charge on any atom is -0.352 e. The molecule has 0 saturated heterocycles. The van der Waals surface area contributed by atoms with E-state index in [0.717, 1.165) is 12.8 Å². The molecule has 1 saturated carbocycles. The summed E-state index contributed by atoms with van der Waals surface area (Å²) in [5.74, 6) is -0.781. The number of hydrogen-bond acceptors (Lipinski definition) is 4. The van der Waals surface area contributed by atoms with Gasteiger partial charge in [0.1, 0.15) is 5.75 Å². The molecule has 1 fully saturated rings. The topological polar surface area (TPSA) is 75.3 Å². The quantitative estimate of drug-likeness (QED) is 0.739. The van der Waals surface area contributed by atoms with Crippen LogP contribution in [0.25, 0.3) is 0 Å². The summed E-state index contributed by atoms with van der Waals surface area (Å²) in [5.41, 5.74) is -0.125. The molecule has 6 heteroatoms. The van der Waals surface area contributed by atoms with Crippen LogP contribution in [0.5, 0.6) is 0 Å². The first-order valence-corrected chi connectivity index (χ1v) is 8.08. The third kappa shape index (κ3) is 5.82. The molecule has 1 aliphatic rings. The Morgan fingerprint density at radius 3 is 2.33 bits per heavy atom. The van der Waals surface area contributed by atoms with E-state index in [1.165, 1.54) is 0 Å². The zero-order valence-corrected chi connectivity index (χ0v) is 12.4. The van der Waals surface area contributed by atoms with Crippen LogP contribution >= 0.6 is 0 Å². The number of carbonyl (C=O) groups excluding carboxylic acids is 1. The number of sulfone groups is 1. The number of hydrogen-bond donors (Lipinski definition) is 2. The van der Waals surface area contributed by atoms with Crippen LogP contribution in [0.2, 0.25) is 0 Å². The van der Waals surface area contributed by atoms with E-state index in [4.69, 9.17) is 0 Å². The van der Waals surface area contributed by atoms with Gasteiger partial charge in [0.05, 0.1) is 5.25 Å². The predicted octanol–water partition coefficient (Wildman–Crippen LogP) is 0.456. The van der Waals surface area contributed by atoms with E-state index in [1.54, 1.807) is 6.92 Å². The Morgan fingerprint density at radius 1 is 1.33 bits per heavy atom. The second kappa shape index (κ2) is 5.57. The summed E-state index contributed by atoms with van der Waals surface area (Å²) in [4.78, 5) is 11.5.